The van der Waals surface area contributed by atoms with Crippen molar-refractivity contribution in [1.82, 2.24) is 9.78 Å². The van der Waals surface area contributed by atoms with Gasteiger partial charge in [-0.15, -0.1) is 0 Å². The summed E-state index contributed by atoms with van der Waals surface area (Å²) in [5.41, 5.74) is 2.33. The average Bonchev–Trinajstić information content (AvgIpc) is 3.04. The summed E-state index contributed by atoms with van der Waals surface area (Å²) in [6, 6.07) is 12.5. The minimum absolute atomic E-state index is 0.390. The van der Waals surface area contributed by atoms with Crippen LogP contribution in [0.3, 0.4) is 0 Å². The second kappa shape index (κ2) is 6.98. The molecular weight excluding hydrogens is 380 g/mol. The number of nitrogens with zero attached hydrogens (tertiary/aromatic N) is 2. The predicted molar refractivity (Wildman–Crippen MR) is 108 cm³/mol. The van der Waals surface area contributed by atoms with E-state index in [1.54, 1.807) is 48.0 Å². The first-order valence-electron chi connectivity index (χ1n) is 8.47. The summed E-state index contributed by atoms with van der Waals surface area (Å²) in [5, 5.41) is 6.11. The largest absolute Gasteiger partial charge is 0.466 e. The van der Waals surface area contributed by atoms with Gasteiger partial charge in [-0.1, -0.05) is 35.9 Å². The molecule has 0 saturated carbocycles. The van der Waals surface area contributed by atoms with Gasteiger partial charge in [0.05, 0.1) is 29.0 Å². The number of para-hydroxylation sites is 2. The Balaban J connectivity index is 2.10. The first-order valence-corrected chi connectivity index (χ1v) is 8.85. The van der Waals surface area contributed by atoms with Crippen LogP contribution < -0.4 is 5.63 Å². The lowest BCUT2D eigenvalue weighted by molar-refractivity contribution is -0.134. The average molecular weight is 395 g/mol. The van der Waals surface area contributed by atoms with Crippen molar-refractivity contribution in [2.24, 2.45) is 0 Å². The maximum absolute atomic E-state index is 12.6. The van der Waals surface area contributed by atoms with Gasteiger partial charge >= 0.3 is 11.6 Å². The Morgan fingerprint density at radius 2 is 2.00 bits per heavy atom. The van der Waals surface area contributed by atoms with Gasteiger partial charge in [0.15, 0.2) is 0 Å². The van der Waals surface area contributed by atoms with Crippen LogP contribution in [0.1, 0.15) is 11.3 Å². The molecule has 2 aromatic heterocycles. The SMILES string of the molecule is COC(=O)/C=C/c1cccc(Cl)c1-n1nc(C)c2c(=O)oc3ccccc3c21. The van der Waals surface area contributed by atoms with E-state index in [1.165, 1.54) is 13.2 Å². The first kappa shape index (κ1) is 18.0. The molecule has 0 radical (unpaired) electrons. The number of aryl methyl sites for hydroxylation is 1. The van der Waals surface area contributed by atoms with Crippen molar-refractivity contribution in [3.63, 3.8) is 0 Å². The molecule has 2 heterocycles. The van der Waals surface area contributed by atoms with Gasteiger partial charge in [-0.3, -0.25) is 0 Å². The number of rotatable bonds is 3. The molecule has 0 aliphatic rings. The lowest BCUT2D eigenvalue weighted by Crippen LogP contribution is -2.04. The van der Waals surface area contributed by atoms with E-state index >= 15 is 0 Å². The molecule has 0 aliphatic heterocycles. The van der Waals surface area contributed by atoms with Crippen molar-refractivity contribution in [2.75, 3.05) is 7.11 Å². The maximum Gasteiger partial charge on any atom is 0.347 e. The number of hydrogen-bond donors (Lipinski definition) is 0. The number of benzene rings is 2. The van der Waals surface area contributed by atoms with Crippen LogP contribution >= 0.6 is 11.6 Å². The van der Waals surface area contributed by atoms with Crippen molar-refractivity contribution >= 4 is 45.5 Å². The summed E-state index contributed by atoms with van der Waals surface area (Å²) < 4.78 is 11.7. The summed E-state index contributed by atoms with van der Waals surface area (Å²) in [5.74, 6) is -0.487. The predicted octanol–water partition coefficient (Wildman–Crippen LogP) is 4.28. The van der Waals surface area contributed by atoms with Crippen molar-refractivity contribution in [1.29, 1.82) is 0 Å². The van der Waals surface area contributed by atoms with E-state index in [9.17, 15) is 9.59 Å². The molecule has 0 fully saturated rings. The Morgan fingerprint density at radius 1 is 1.21 bits per heavy atom. The fourth-order valence-electron chi connectivity index (χ4n) is 3.20. The number of esters is 1. The van der Waals surface area contributed by atoms with E-state index in [0.717, 1.165) is 5.39 Å². The smallest absolute Gasteiger partial charge is 0.347 e. The Bertz CT molecular complexity index is 1320. The third kappa shape index (κ3) is 2.88. The molecule has 0 bridgehead atoms. The molecule has 0 atom stereocenters. The quantitative estimate of drug-likeness (QED) is 0.294. The fourth-order valence-corrected chi connectivity index (χ4v) is 3.46. The summed E-state index contributed by atoms with van der Waals surface area (Å²) in [4.78, 5) is 24.1. The van der Waals surface area contributed by atoms with Gasteiger partial charge in [-0.25, -0.2) is 14.3 Å². The highest BCUT2D eigenvalue weighted by Crippen LogP contribution is 2.32. The van der Waals surface area contributed by atoms with Crippen LogP contribution in [0.4, 0.5) is 0 Å². The van der Waals surface area contributed by atoms with E-state index in [4.69, 9.17) is 16.0 Å². The molecule has 0 N–H and O–H groups in total. The van der Waals surface area contributed by atoms with E-state index < -0.39 is 11.6 Å². The molecule has 7 heteroatoms. The highest BCUT2D eigenvalue weighted by atomic mass is 35.5. The summed E-state index contributed by atoms with van der Waals surface area (Å²) in [7, 11) is 1.31. The van der Waals surface area contributed by atoms with E-state index in [-0.39, 0.29) is 0 Å². The lowest BCUT2D eigenvalue weighted by atomic mass is 10.1. The lowest BCUT2D eigenvalue weighted by Gasteiger charge is -2.11. The monoisotopic (exact) mass is 394 g/mol. The minimum Gasteiger partial charge on any atom is -0.466 e. The number of aromatic nitrogens is 2. The topological polar surface area (TPSA) is 74.3 Å². The summed E-state index contributed by atoms with van der Waals surface area (Å²) in [6.07, 6.45) is 2.91. The van der Waals surface area contributed by atoms with Crippen LogP contribution in [0.15, 0.2) is 57.8 Å². The van der Waals surface area contributed by atoms with Crippen molar-refractivity contribution in [3.8, 4) is 5.69 Å². The molecule has 2 aromatic carbocycles. The Morgan fingerprint density at radius 3 is 2.79 bits per heavy atom. The second-order valence-electron chi connectivity index (χ2n) is 6.14. The number of carbonyl (C=O) groups is 1. The van der Waals surface area contributed by atoms with Gasteiger partial charge in [0.1, 0.15) is 11.0 Å². The third-order valence-corrected chi connectivity index (χ3v) is 4.74. The van der Waals surface area contributed by atoms with Crippen LogP contribution in [0, 0.1) is 6.92 Å². The summed E-state index contributed by atoms with van der Waals surface area (Å²) >= 11 is 6.50. The van der Waals surface area contributed by atoms with Crippen molar-refractivity contribution < 1.29 is 13.9 Å². The number of carbonyl (C=O) groups excluding carboxylic acids is 1. The number of hydrogen-bond acceptors (Lipinski definition) is 5. The van der Waals surface area contributed by atoms with Crippen LogP contribution in [-0.2, 0) is 9.53 Å². The van der Waals surface area contributed by atoms with Gasteiger partial charge in [-0.05, 0) is 31.2 Å². The van der Waals surface area contributed by atoms with Gasteiger partial charge in [-0.2, -0.15) is 5.10 Å². The zero-order valence-corrected chi connectivity index (χ0v) is 15.9. The number of methoxy groups -OCH3 is 1. The van der Waals surface area contributed by atoms with Crippen molar-refractivity contribution in [2.45, 2.75) is 6.92 Å². The number of ether oxygens (including phenoxy) is 1. The van der Waals surface area contributed by atoms with Gasteiger partial charge in [0.25, 0.3) is 0 Å². The standard InChI is InChI=1S/C21H15ClN2O4/c1-12-18-20(14-7-3-4-9-16(14)28-21(18)26)24(23-12)19-13(6-5-8-15(19)22)10-11-17(25)27-2/h3-11H,1-2H3/b11-10+. The van der Waals surface area contributed by atoms with Gasteiger partial charge < -0.3 is 9.15 Å². The van der Waals surface area contributed by atoms with Gasteiger partial charge in [0.2, 0.25) is 0 Å². The maximum atomic E-state index is 12.6. The highest BCUT2D eigenvalue weighted by molar-refractivity contribution is 6.32. The second-order valence-corrected chi connectivity index (χ2v) is 6.55. The Hall–Kier alpha value is -3.38. The molecule has 4 rings (SSSR count). The molecule has 0 spiro atoms. The van der Waals surface area contributed by atoms with Crippen LogP contribution in [0.2, 0.25) is 5.02 Å². The zero-order chi connectivity index (χ0) is 19.8. The third-order valence-electron chi connectivity index (χ3n) is 4.44. The normalized spacial score (nSPS) is 11.5. The van der Waals surface area contributed by atoms with Crippen molar-refractivity contribution in [3.05, 3.63) is 75.2 Å². The summed E-state index contributed by atoms with van der Waals surface area (Å²) in [6.45, 7) is 1.74. The highest BCUT2D eigenvalue weighted by Gasteiger charge is 2.20. The van der Waals surface area contributed by atoms with E-state index in [1.807, 2.05) is 12.1 Å². The minimum atomic E-state index is -0.487. The molecule has 4 aromatic rings. The van der Waals surface area contributed by atoms with Crippen LogP contribution in [-0.4, -0.2) is 22.9 Å². The molecule has 0 unspecified atom stereocenters. The Labute approximate surface area is 164 Å². The number of halogens is 1. The molecule has 6 nitrogen and oxygen atoms in total. The molecule has 0 saturated heterocycles. The molecule has 140 valence electrons. The first-order chi connectivity index (χ1) is 13.5. The molecular formula is C21H15ClN2O4. The van der Waals surface area contributed by atoms with E-state index in [0.29, 0.717) is 38.5 Å². The van der Waals surface area contributed by atoms with E-state index in [2.05, 4.69) is 9.84 Å². The number of fused-ring (bicyclic) bond motifs is 3. The molecule has 28 heavy (non-hydrogen) atoms. The zero-order valence-electron chi connectivity index (χ0n) is 15.1. The van der Waals surface area contributed by atoms with Gasteiger partial charge in [0, 0.05) is 17.0 Å². The molecule has 0 amide bonds. The Kier molecular flexibility index (Phi) is 4.49. The van der Waals surface area contributed by atoms with Crippen LogP contribution in [0.25, 0.3) is 33.6 Å². The van der Waals surface area contributed by atoms with Crippen LogP contribution in [0.5, 0.6) is 0 Å². The fraction of sp³-hybridized carbons (Fsp3) is 0.0952. The molecule has 0 aliphatic carbocycles.